The lowest BCUT2D eigenvalue weighted by Crippen LogP contribution is -2.54. The monoisotopic (exact) mass is 484 g/mol. The van der Waals surface area contributed by atoms with Gasteiger partial charge in [0.05, 0.1) is 13.2 Å². The number of nitrogens with zero attached hydrogens (tertiary/aromatic N) is 6. The zero-order chi connectivity index (χ0) is 22.3. The zero-order valence-corrected chi connectivity index (χ0v) is 19.8. The molecule has 186 valence electrons. The zero-order valence-electron chi connectivity index (χ0n) is 19.0. The normalized spacial score (nSPS) is 32.2. The second-order valence-electron chi connectivity index (χ2n) is 9.65. The molecular weight excluding hydrogens is 448 g/mol. The summed E-state index contributed by atoms with van der Waals surface area (Å²) in [5.74, 6) is 1.42. The van der Waals surface area contributed by atoms with Crippen LogP contribution >= 0.6 is 12.4 Å². The highest BCUT2D eigenvalue weighted by atomic mass is 35.5. The molecule has 4 saturated heterocycles. The molecule has 1 spiro atoms. The third kappa shape index (κ3) is 5.42. The van der Waals surface area contributed by atoms with Crippen LogP contribution in [0.15, 0.2) is 0 Å². The summed E-state index contributed by atoms with van der Waals surface area (Å²) in [6.45, 7) is 5.49. The van der Waals surface area contributed by atoms with Gasteiger partial charge in [-0.25, -0.2) is 0 Å². The standard InChI is InChI=1S/C20H36N10O2.ClH/c21-13-7-14(22)10-29(9-13)18-25-17(28-3-1-20(2-4-28)31-5-6-32-20)26-19(27-18)30-11-15(23)8-16(24)12-30;/h13-16H,1-12,21-24H2;1H/t13-,14+,15-,16+;. The third-order valence-electron chi connectivity index (χ3n) is 6.82. The fourth-order valence-corrected chi connectivity index (χ4v) is 5.28. The predicted octanol–water partition coefficient (Wildman–Crippen LogP) is -1.63. The van der Waals surface area contributed by atoms with Crippen LogP contribution in [0, 0.1) is 0 Å². The lowest BCUT2D eigenvalue weighted by atomic mass is 10.0. The van der Waals surface area contributed by atoms with Crippen molar-refractivity contribution in [3.63, 3.8) is 0 Å². The number of aromatic nitrogens is 3. The van der Waals surface area contributed by atoms with Crippen molar-refractivity contribution in [2.75, 3.05) is 67.2 Å². The Bertz CT molecular complexity index is 739. The molecule has 4 aliphatic rings. The van der Waals surface area contributed by atoms with Crippen molar-refractivity contribution in [1.82, 2.24) is 15.0 Å². The van der Waals surface area contributed by atoms with E-state index < -0.39 is 5.79 Å². The van der Waals surface area contributed by atoms with Gasteiger partial charge in [0.15, 0.2) is 5.79 Å². The summed E-state index contributed by atoms with van der Waals surface area (Å²) >= 11 is 0. The molecule has 5 rings (SSSR count). The van der Waals surface area contributed by atoms with Gasteiger partial charge in [-0.2, -0.15) is 15.0 Å². The molecule has 4 aliphatic heterocycles. The van der Waals surface area contributed by atoms with Gasteiger partial charge in [0.25, 0.3) is 0 Å². The SMILES string of the molecule is Cl.N[C@@H]1C[C@H](N)CN(c2nc(N3CCC4(CC3)OCCO4)nc(N3C[C@H](N)C[C@H](N)C3)n2)C1. The number of nitrogens with two attached hydrogens (primary N) is 4. The molecule has 5 heterocycles. The summed E-state index contributed by atoms with van der Waals surface area (Å²) in [7, 11) is 0. The van der Waals surface area contributed by atoms with Crippen molar-refractivity contribution in [2.24, 2.45) is 22.9 Å². The van der Waals surface area contributed by atoms with Crippen LogP contribution in [-0.2, 0) is 9.47 Å². The largest absolute Gasteiger partial charge is 0.347 e. The minimum absolute atomic E-state index is 0. The summed E-state index contributed by atoms with van der Waals surface area (Å²) in [4.78, 5) is 20.8. The summed E-state index contributed by atoms with van der Waals surface area (Å²) in [5.41, 5.74) is 25.0. The van der Waals surface area contributed by atoms with Crippen molar-refractivity contribution >= 4 is 30.3 Å². The van der Waals surface area contributed by atoms with Crippen LogP contribution in [0.1, 0.15) is 25.7 Å². The van der Waals surface area contributed by atoms with Gasteiger partial charge in [0.2, 0.25) is 17.8 Å². The van der Waals surface area contributed by atoms with Crippen LogP contribution < -0.4 is 37.6 Å². The Morgan fingerprint density at radius 1 is 0.636 bits per heavy atom. The van der Waals surface area contributed by atoms with Gasteiger partial charge in [0, 0.05) is 76.3 Å². The first-order valence-electron chi connectivity index (χ1n) is 11.7. The molecule has 8 N–H and O–H groups in total. The van der Waals surface area contributed by atoms with E-state index in [-0.39, 0.29) is 36.6 Å². The van der Waals surface area contributed by atoms with Gasteiger partial charge < -0.3 is 47.1 Å². The maximum absolute atomic E-state index is 6.24. The van der Waals surface area contributed by atoms with Crippen molar-refractivity contribution in [1.29, 1.82) is 0 Å². The summed E-state index contributed by atoms with van der Waals surface area (Å²) in [6.07, 6.45) is 3.15. The molecule has 1 aromatic heterocycles. The van der Waals surface area contributed by atoms with Gasteiger partial charge in [-0.3, -0.25) is 0 Å². The minimum Gasteiger partial charge on any atom is -0.347 e. The lowest BCUT2D eigenvalue weighted by molar-refractivity contribution is -0.169. The molecule has 0 saturated carbocycles. The van der Waals surface area contributed by atoms with Crippen molar-refractivity contribution in [2.45, 2.75) is 55.6 Å². The molecule has 0 radical (unpaired) electrons. The molecule has 0 aromatic carbocycles. The van der Waals surface area contributed by atoms with Gasteiger partial charge in [0.1, 0.15) is 0 Å². The number of piperidine rings is 3. The molecule has 0 bridgehead atoms. The van der Waals surface area contributed by atoms with Crippen LogP contribution in [0.4, 0.5) is 17.8 Å². The highest BCUT2D eigenvalue weighted by molar-refractivity contribution is 5.85. The average molecular weight is 485 g/mol. The van der Waals surface area contributed by atoms with E-state index >= 15 is 0 Å². The van der Waals surface area contributed by atoms with Crippen LogP contribution in [-0.4, -0.2) is 97.4 Å². The maximum Gasteiger partial charge on any atom is 0.232 e. The number of ether oxygens (including phenoxy) is 2. The van der Waals surface area contributed by atoms with E-state index in [2.05, 4.69) is 14.7 Å². The molecule has 0 aliphatic carbocycles. The molecular formula is C20H37ClN10O2. The summed E-state index contributed by atoms with van der Waals surface area (Å²) < 4.78 is 11.8. The summed E-state index contributed by atoms with van der Waals surface area (Å²) in [5, 5.41) is 0. The van der Waals surface area contributed by atoms with E-state index in [0.717, 1.165) is 38.8 Å². The average Bonchev–Trinajstić information content (AvgIpc) is 3.20. The Balaban J connectivity index is 0.00000259. The molecule has 33 heavy (non-hydrogen) atoms. The Hall–Kier alpha value is -1.54. The summed E-state index contributed by atoms with van der Waals surface area (Å²) in [6, 6.07) is -0.0342. The lowest BCUT2D eigenvalue weighted by Gasteiger charge is -2.39. The van der Waals surface area contributed by atoms with Gasteiger partial charge >= 0.3 is 0 Å². The number of hydrogen-bond acceptors (Lipinski definition) is 12. The van der Waals surface area contributed by atoms with Crippen LogP contribution in [0.5, 0.6) is 0 Å². The number of rotatable bonds is 3. The third-order valence-corrected chi connectivity index (χ3v) is 6.82. The Morgan fingerprint density at radius 3 is 1.39 bits per heavy atom. The molecule has 0 amide bonds. The van der Waals surface area contributed by atoms with Gasteiger partial charge in [-0.05, 0) is 12.8 Å². The minimum atomic E-state index is -0.450. The van der Waals surface area contributed by atoms with E-state index in [1.165, 1.54) is 0 Å². The first-order valence-corrected chi connectivity index (χ1v) is 11.7. The molecule has 4 fully saturated rings. The van der Waals surface area contributed by atoms with E-state index in [9.17, 15) is 0 Å². The van der Waals surface area contributed by atoms with Crippen LogP contribution in [0.25, 0.3) is 0 Å². The van der Waals surface area contributed by atoms with Crippen molar-refractivity contribution in [3.8, 4) is 0 Å². The van der Waals surface area contributed by atoms with E-state index in [1.807, 2.05) is 0 Å². The topological polar surface area (TPSA) is 171 Å². The molecule has 4 atom stereocenters. The Morgan fingerprint density at radius 2 is 1.00 bits per heavy atom. The number of anilines is 3. The quantitative estimate of drug-likeness (QED) is 0.386. The first-order chi connectivity index (χ1) is 15.4. The maximum atomic E-state index is 6.24. The highest BCUT2D eigenvalue weighted by Crippen LogP contribution is 2.33. The van der Waals surface area contributed by atoms with E-state index in [4.69, 9.17) is 47.4 Å². The van der Waals surface area contributed by atoms with Gasteiger partial charge in [-0.1, -0.05) is 0 Å². The number of halogens is 1. The van der Waals surface area contributed by atoms with Crippen LogP contribution in [0.2, 0.25) is 0 Å². The Labute approximate surface area is 200 Å². The molecule has 12 nitrogen and oxygen atoms in total. The molecule has 1 aromatic rings. The van der Waals surface area contributed by atoms with Crippen LogP contribution in [0.3, 0.4) is 0 Å². The second-order valence-corrected chi connectivity index (χ2v) is 9.65. The second kappa shape index (κ2) is 9.98. The fourth-order valence-electron chi connectivity index (χ4n) is 5.28. The first kappa shape index (κ1) is 24.6. The Kier molecular flexibility index (Phi) is 7.44. The fraction of sp³-hybridized carbons (Fsp3) is 0.850. The molecule has 0 unspecified atom stereocenters. The van der Waals surface area contributed by atoms with Crippen molar-refractivity contribution in [3.05, 3.63) is 0 Å². The van der Waals surface area contributed by atoms with Gasteiger partial charge in [-0.15, -0.1) is 12.4 Å². The smallest absolute Gasteiger partial charge is 0.232 e. The van der Waals surface area contributed by atoms with E-state index in [1.54, 1.807) is 0 Å². The number of hydrogen-bond donors (Lipinski definition) is 4. The predicted molar refractivity (Wildman–Crippen MR) is 129 cm³/mol. The molecule has 13 heteroatoms. The highest BCUT2D eigenvalue weighted by Gasteiger charge is 2.40. The van der Waals surface area contributed by atoms with E-state index in [0.29, 0.717) is 57.2 Å². The van der Waals surface area contributed by atoms with Crippen molar-refractivity contribution < 1.29 is 9.47 Å².